The van der Waals surface area contributed by atoms with Gasteiger partial charge in [-0.05, 0) is 12.1 Å². The monoisotopic (exact) mass is 281 g/mol. The second kappa shape index (κ2) is 5.30. The maximum Gasteiger partial charge on any atom is 0.336 e. The van der Waals surface area contributed by atoms with E-state index in [0.717, 1.165) is 18.2 Å². The number of carbonyl (C=O) groups is 1. The van der Waals surface area contributed by atoms with Crippen molar-refractivity contribution in [1.29, 1.82) is 0 Å². The number of halogens is 1. The largest absolute Gasteiger partial charge is 0.466 e. The molecule has 0 aliphatic rings. The minimum absolute atomic E-state index is 0.00109. The van der Waals surface area contributed by atoms with E-state index in [4.69, 9.17) is 4.74 Å². The van der Waals surface area contributed by atoms with Crippen LogP contribution in [0, 0.1) is 15.9 Å². The summed E-state index contributed by atoms with van der Waals surface area (Å²) in [5, 5.41) is 18.9. The molecular formula is C10H8FN5O4. The fourth-order valence-corrected chi connectivity index (χ4v) is 1.37. The number of hydrogen-bond donors (Lipinski definition) is 2. The highest BCUT2D eigenvalue weighted by Crippen LogP contribution is 2.19. The predicted octanol–water partition coefficient (Wildman–Crippen LogP) is 1.11. The van der Waals surface area contributed by atoms with Crippen LogP contribution >= 0.6 is 0 Å². The van der Waals surface area contributed by atoms with E-state index < -0.39 is 22.3 Å². The van der Waals surface area contributed by atoms with Crippen LogP contribution in [0.1, 0.15) is 10.4 Å². The number of aromatic amines is 1. The van der Waals surface area contributed by atoms with Gasteiger partial charge in [-0.2, -0.15) is 9.37 Å². The van der Waals surface area contributed by atoms with E-state index >= 15 is 0 Å². The van der Waals surface area contributed by atoms with E-state index in [0.29, 0.717) is 0 Å². The van der Waals surface area contributed by atoms with Gasteiger partial charge in [-0.25, -0.2) is 5.10 Å². The number of rotatable bonds is 4. The third-order valence-corrected chi connectivity index (χ3v) is 2.28. The predicted molar refractivity (Wildman–Crippen MR) is 63.9 cm³/mol. The number of H-pyrrole nitrogens is 1. The van der Waals surface area contributed by atoms with E-state index in [1.807, 2.05) is 0 Å². The molecule has 0 saturated carbocycles. The number of amides is 1. The number of hydrogen-bond acceptors (Lipinski definition) is 6. The Morgan fingerprint density at radius 1 is 1.55 bits per heavy atom. The Morgan fingerprint density at radius 2 is 2.30 bits per heavy atom. The first-order chi connectivity index (χ1) is 9.51. The summed E-state index contributed by atoms with van der Waals surface area (Å²) >= 11 is 0. The number of nitrogens with zero attached hydrogens (tertiary/aromatic N) is 3. The molecule has 1 aromatic heterocycles. The molecule has 0 aliphatic carbocycles. The van der Waals surface area contributed by atoms with E-state index in [2.05, 4.69) is 20.5 Å². The topological polar surface area (TPSA) is 123 Å². The lowest BCUT2D eigenvalue weighted by molar-refractivity contribution is -0.387. The van der Waals surface area contributed by atoms with Gasteiger partial charge in [-0.3, -0.25) is 20.2 Å². The quantitative estimate of drug-likeness (QED) is 0.639. The van der Waals surface area contributed by atoms with Gasteiger partial charge in [-0.1, -0.05) is 0 Å². The summed E-state index contributed by atoms with van der Waals surface area (Å²) in [6.45, 7) is 0. The van der Waals surface area contributed by atoms with Crippen LogP contribution in [0.3, 0.4) is 0 Å². The fourth-order valence-electron chi connectivity index (χ4n) is 1.37. The van der Waals surface area contributed by atoms with Crippen LogP contribution in [0.5, 0.6) is 6.01 Å². The zero-order valence-electron chi connectivity index (χ0n) is 10.1. The molecule has 0 bridgehead atoms. The SMILES string of the molecule is COc1n[nH]c(NC(=O)c2ccc(F)c([N+](=O)[O-])c2)n1. The lowest BCUT2D eigenvalue weighted by atomic mass is 10.2. The van der Waals surface area contributed by atoms with Crippen molar-refractivity contribution in [3.05, 3.63) is 39.7 Å². The summed E-state index contributed by atoms with van der Waals surface area (Å²) < 4.78 is 17.8. The Balaban J connectivity index is 2.21. The standard InChI is InChI=1S/C10H8FN5O4/c1-20-10-13-9(14-15-10)12-8(17)5-2-3-6(11)7(4-5)16(18)19/h2-4H,1H3,(H2,12,13,14,15,17). The second-order valence-electron chi connectivity index (χ2n) is 3.55. The van der Waals surface area contributed by atoms with Crippen molar-refractivity contribution in [2.75, 3.05) is 12.4 Å². The van der Waals surface area contributed by atoms with Crippen molar-refractivity contribution in [3.63, 3.8) is 0 Å². The zero-order valence-corrected chi connectivity index (χ0v) is 10.1. The molecule has 1 heterocycles. The Labute approximate surface area is 110 Å². The van der Waals surface area contributed by atoms with Crippen molar-refractivity contribution >= 4 is 17.5 Å². The van der Waals surface area contributed by atoms with Gasteiger partial charge in [-0.15, -0.1) is 5.10 Å². The first-order valence-electron chi connectivity index (χ1n) is 5.23. The van der Waals surface area contributed by atoms with Crippen LogP contribution in [0.2, 0.25) is 0 Å². The second-order valence-corrected chi connectivity index (χ2v) is 3.55. The lowest BCUT2D eigenvalue weighted by Gasteiger charge is -2.01. The van der Waals surface area contributed by atoms with E-state index in [1.165, 1.54) is 7.11 Å². The van der Waals surface area contributed by atoms with Crippen molar-refractivity contribution in [3.8, 4) is 6.01 Å². The highest BCUT2D eigenvalue weighted by Gasteiger charge is 2.18. The molecule has 104 valence electrons. The number of nitrogens with one attached hydrogen (secondary N) is 2. The molecule has 0 aliphatic heterocycles. The van der Waals surface area contributed by atoms with Gasteiger partial charge >= 0.3 is 11.7 Å². The number of nitro benzene ring substituents is 1. The summed E-state index contributed by atoms with van der Waals surface area (Å²) in [4.78, 5) is 25.2. The third-order valence-electron chi connectivity index (χ3n) is 2.28. The molecule has 2 rings (SSSR count). The minimum Gasteiger partial charge on any atom is -0.466 e. The minimum atomic E-state index is -1.02. The van der Waals surface area contributed by atoms with Crippen molar-refractivity contribution < 1.29 is 18.8 Å². The van der Waals surface area contributed by atoms with Crippen molar-refractivity contribution in [1.82, 2.24) is 15.2 Å². The normalized spacial score (nSPS) is 10.1. The summed E-state index contributed by atoms with van der Waals surface area (Å²) in [6, 6.07) is 2.81. The molecule has 1 amide bonds. The molecule has 9 nitrogen and oxygen atoms in total. The van der Waals surface area contributed by atoms with Gasteiger partial charge in [0.05, 0.1) is 12.0 Å². The van der Waals surface area contributed by atoms with Gasteiger partial charge < -0.3 is 4.74 Å². The summed E-state index contributed by atoms with van der Waals surface area (Å²) in [5.74, 6) is -1.72. The molecule has 0 saturated heterocycles. The number of carbonyl (C=O) groups excluding carboxylic acids is 1. The van der Waals surface area contributed by atoms with E-state index in [9.17, 15) is 19.3 Å². The first kappa shape index (κ1) is 13.4. The Hall–Kier alpha value is -3.04. The van der Waals surface area contributed by atoms with Crippen LogP contribution in [0.15, 0.2) is 18.2 Å². The van der Waals surface area contributed by atoms with Gasteiger partial charge in [0.15, 0.2) is 0 Å². The maximum absolute atomic E-state index is 13.1. The summed E-state index contributed by atoms with van der Waals surface area (Å²) in [5.41, 5.74) is -0.874. The number of aromatic nitrogens is 3. The Bertz CT molecular complexity index is 671. The van der Waals surface area contributed by atoms with Crippen molar-refractivity contribution in [2.45, 2.75) is 0 Å². The molecule has 2 aromatic rings. The highest BCUT2D eigenvalue weighted by molar-refractivity contribution is 6.03. The number of ether oxygens (including phenoxy) is 1. The molecule has 0 radical (unpaired) electrons. The Morgan fingerprint density at radius 3 is 2.90 bits per heavy atom. The highest BCUT2D eigenvalue weighted by atomic mass is 19.1. The summed E-state index contributed by atoms with van der Waals surface area (Å²) in [6.07, 6.45) is 0. The number of benzene rings is 1. The molecule has 2 N–H and O–H groups in total. The Kier molecular flexibility index (Phi) is 3.55. The van der Waals surface area contributed by atoms with Gasteiger partial charge in [0.1, 0.15) is 0 Å². The van der Waals surface area contributed by atoms with E-state index in [1.54, 1.807) is 0 Å². The van der Waals surface area contributed by atoms with Gasteiger partial charge in [0.2, 0.25) is 11.8 Å². The molecule has 10 heteroatoms. The maximum atomic E-state index is 13.1. The average Bonchev–Trinajstić information content (AvgIpc) is 2.86. The first-order valence-corrected chi connectivity index (χ1v) is 5.23. The molecule has 0 fully saturated rings. The van der Waals surface area contributed by atoms with Crippen LogP contribution in [-0.4, -0.2) is 33.1 Å². The van der Waals surface area contributed by atoms with Crippen LogP contribution < -0.4 is 10.1 Å². The van der Waals surface area contributed by atoms with Crippen LogP contribution in [-0.2, 0) is 0 Å². The van der Waals surface area contributed by atoms with Crippen LogP contribution in [0.4, 0.5) is 16.0 Å². The number of anilines is 1. The van der Waals surface area contributed by atoms with Gasteiger partial charge in [0.25, 0.3) is 5.91 Å². The zero-order chi connectivity index (χ0) is 14.7. The molecule has 1 aromatic carbocycles. The molecular weight excluding hydrogens is 273 g/mol. The lowest BCUT2D eigenvalue weighted by Crippen LogP contribution is -2.13. The number of methoxy groups -OCH3 is 1. The van der Waals surface area contributed by atoms with Crippen molar-refractivity contribution in [2.24, 2.45) is 0 Å². The third kappa shape index (κ3) is 2.68. The fraction of sp³-hybridized carbons (Fsp3) is 0.100. The van der Waals surface area contributed by atoms with Crippen LogP contribution in [0.25, 0.3) is 0 Å². The summed E-state index contributed by atoms with van der Waals surface area (Å²) in [7, 11) is 1.35. The molecule has 0 atom stereocenters. The number of nitro groups is 1. The molecule has 0 unspecified atom stereocenters. The smallest absolute Gasteiger partial charge is 0.336 e. The molecule has 0 spiro atoms. The average molecular weight is 281 g/mol. The molecule has 20 heavy (non-hydrogen) atoms. The van der Waals surface area contributed by atoms with E-state index in [-0.39, 0.29) is 17.5 Å². The van der Waals surface area contributed by atoms with Gasteiger partial charge in [0, 0.05) is 11.6 Å².